The molecule has 21 heavy (non-hydrogen) atoms. The van der Waals surface area contributed by atoms with Crippen LogP contribution in [0, 0.1) is 31.3 Å². The van der Waals surface area contributed by atoms with E-state index >= 15 is 0 Å². The van der Waals surface area contributed by atoms with Crippen LogP contribution in [0.15, 0.2) is 30.3 Å². The third kappa shape index (κ3) is 3.51. The molecule has 0 bridgehead atoms. The maximum atomic E-state index is 13.1. The van der Waals surface area contributed by atoms with Gasteiger partial charge in [0.05, 0.1) is 0 Å². The highest BCUT2D eigenvalue weighted by Crippen LogP contribution is 2.17. The van der Waals surface area contributed by atoms with Gasteiger partial charge in [-0.1, -0.05) is 17.7 Å². The van der Waals surface area contributed by atoms with E-state index in [1.807, 2.05) is 26.0 Å². The summed E-state index contributed by atoms with van der Waals surface area (Å²) >= 11 is 0. The first-order chi connectivity index (χ1) is 9.88. The second kappa shape index (κ2) is 6.12. The fourth-order valence-corrected chi connectivity index (χ4v) is 2.18. The summed E-state index contributed by atoms with van der Waals surface area (Å²) in [4.78, 5) is 12.2. The minimum Gasteiger partial charge on any atom is -0.294 e. The summed E-state index contributed by atoms with van der Waals surface area (Å²) in [5.41, 5.74) is 2.72. The summed E-state index contributed by atoms with van der Waals surface area (Å²) in [6.07, 6.45) is 0.287. The van der Waals surface area contributed by atoms with Crippen molar-refractivity contribution in [3.05, 3.63) is 70.0 Å². The highest BCUT2D eigenvalue weighted by Gasteiger charge is 2.13. The number of aryl methyl sites for hydroxylation is 3. The van der Waals surface area contributed by atoms with Crippen LogP contribution in [0.2, 0.25) is 0 Å². The minimum absolute atomic E-state index is 0.0960. The van der Waals surface area contributed by atoms with Gasteiger partial charge in [0.25, 0.3) is 0 Å². The van der Waals surface area contributed by atoms with E-state index in [1.165, 1.54) is 0 Å². The average Bonchev–Trinajstić information content (AvgIpc) is 2.44. The van der Waals surface area contributed by atoms with Crippen molar-refractivity contribution in [3.8, 4) is 0 Å². The van der Waals surface area contributed by atoms with Crippen LogP contribution < -0.4 is 0 Å². The topological polar surface area (TPSA) is 17.1 Å². The third-order valence-electron chi connectivity index (χ3n) is 3.38. The van der Waals surface area contributed by atoms with Gasteiger partial charge in [0.2, 0.25) is 0 Å². The van der Waals surface area contributed by atoms with Crippen molar-refractivity contribution >= 4 is 5.78 Å². The van der Waals surface area contributed by atoms with E-state index in [1.54, 1.807) is 6.07 Å². The second-order valence-electron chi connectivity index (χ2n) is 5.11. The van der Waals surface area contributed by atoms with Crippen molar-refractivity contribution in [2.75, 3.05) is 0 Å². The van der Waals surface area contributed by atoms with Crippen LogP contribution in [0.4, 0.5) is 13.2 Å². The average molecular weight is 292 g/mol. The Morgan fingerprint density at radius 1 is 1.00 bits per heavy atom. The molecule has 0 aliphatic carbocycles. The molecule has 0 spiro atoms. The maximum Gasteiger partial charge on any atom is 0.194 e. The standard InChI is InChI=1S/C17H15F3O/c1-10-3-4-11(2)13(7-10)16(21)6-5-12-8-14(18)17(20)15(19)9-12/h3-4,7-9H,5-6H2,1-2H3. The predicted molar refractivity (Wildman–Crippen MR) is 74.9 cm³/mol. The minimum atomic E-state index is -1.49. The Kier molecular flexibility index (Phi) is 4.46. The molecule has 0 heterocycles. The molecule has 0 radical (unpaired) electrons. The summed E-state index contributed by atoms with van der Waals surface area (Å²) in [7, 11) is 0. The number of benzene rings is 2. The molecule has 0 saturated carbocycles. The van der Waals surface area contributed by atoms with Crippen LogP contribution in [-0.4, -0.2) is 5.78 Å². The molecule has 0 aromatic heterocycles. The van der Waals surface area contributed by atoms with E-state index in [9.17, 15) is 18.0 Å². The Bertz CT molecular complexity index is 669. The summed E-state index contributed by atoms with van der Waals surface area (Å²) in [6, 6.07) is 7.42. The van der Waals surface area contributed by atoms with Crippen molar-refractivity contribution in [3.63, 3.8) is 0 Å². The van der Waals surface area contributed by atoms with Gasteiger partial charge in [-0.2, -0.15) is 0 Å². The van der Waals surface area contributed by atoms with Gasteiger partial charge in [0, 0.05) is 12.0 Å². The fraction of sp³-hybridized carbons (Fsp3) is 0.235. The Morgan fingerprint density at radius 3 is 2.24 bits per heavy atom. The van der Waals surface area contributed by atoms with Gasteiger partial charge in [-0.05, 0) is 49.6 Å². The summed E-state index contributed by atoms with van der Waals surface area (Å²) < 4.78 is 39.1. The van der Waals surface area contributed by atoms with Crippen LogP contribution in [0.5, 0.6) is 0 Å². The zero-order valence-electron chi connectivity index (χ0n) is 11.8. The van der Waals surface area contributed by atoms with E-state index < -0.39 is 17.5 Å². The SMILES string of the molecule is Cc1ccc(C)c(C(=O)CCc2cc(F)c(F)c(F)c2)c1. The van der Waals surface area contributed by atoms with E-state index in [0.717, 1.165) is 23.3 Å². The number of carbonyl (C=O) groups excluding carboxylic acids is 1. The monoisotopic (exact) mass is 292 g/mol. The van der Waals surface area contributed by atoms with Crippen molar-refractivity contribution in [1.29, 1.82) is 0 Å². The predicted octanol–water partition coefficient (Wildman–Crippen LogP) is 4.54. The van der Waals surface area contributed by atoms with Crippen molar-refractivity contribution < 1.29 is 18.0 Å². The van der Waals surface area contributed by atoms with Crippen LogP contribution >= 0.6 is 0 Å². The molecule has 1 nitrogen and oxygen atoms in total. The van der Waals surface area contributed by atoms with E-state index in [-0.39, 0.29) is 24.2 Å². The molecule has 2 aromatic rings. The van der Waals surface area contributed by atoms with Crippen LogP contribution in [0.1, 0.15) is 33.5 Å². The van der Waals surface area contributed by atoms with Gasteiger partial charge < -0.3 is 0 Å². The van der Waals surface area contributed by atoms with Crippen molar-refractivity contribution in [2.24, 2.45) is 0 Å². The maximum absolute atomic E-state index is 13.1. The number of Topliss-reactive ketones (excluding diaryl/α,β-unsaturated/α-hetero) is 1. The van der Waals surface area contributed by atoms with E-state index in [0.29, 0.717) is 5.56 Å². The number of carbonyl (C=O) groups is 1. The molecule has 110 valence electrons. The molecule has 0 aliphatic heterocycles. The molecule has 0 atom stereocenters. The van der Waals surface area contributed by atoms with Gasteiger partial charge in [-0.3, -0.25) is 4.79 Å². The quantitative estimate of drug-likeness (QED) is 0.597. The normalized spacial score (nSPS) is 10.7. The first-order valence-corrected chi connectivity index (χ1v) is 6.62. The molecule has 0 N–H and O–H groups in total. The lowest BCUT2D eigenvalue weighted by Crippen LogP contribution is -2.05. The van der Waals surface area contributed by atoms with E-state index in [2.05, 4.69) is 0 Å². The number of hydrogen-bond acceptors (Lipinski definition) is 1. The Balaban J connectivity index is 2.13. The largest absolute Gasteiger partial charge is 0.294 e. The van der Waals surface area contributed by atoms with Crippen molar-refractivity contribution in [1.82, 2.24) is 0 Å². The number of hydrogen-bond donors (Lipinski definition) is 0. The highest BCUT2D eigenvalue weighted by atomic mass is 19.2. The smallest absolute Gasteiger partial charge is 0.194 e. The molecule has 2 rings (SSSR count). The Hall–Kier alpha value is -2.10. The lowest BCUT2D eigenvalue weighted by molar-refractivity contribution is 0.0982. The van der Waals surface area contributed by atoms with Gasteiger partial charge in [0.15, 0.2) is 23.2 Å². The van der Waals surface area contributed by atoms with Gasteiger partial charge in [-0.25, -0.2) is 13.2 Å². The molecular weight excluding hydrogens is 277 g/mol. The molecule has 4 heteroatoms. The first-order valence-electron chi connectivity index (χ1n) is 6.62. The molecule has 0 unspecified atom stereocenters. The molecule has 0 amide bonds. The number of rotatable bonds is 4. The Labute approximate surface area is 121 Å². The number of halogens is 3. The lowest BCUT2D eigenvalue weighted by Gasteiger charge is -2.07. The molecule has 0 fully saturated rings. The highest BCUT2D eigenvalue weighted by molar-refractivity contribution is 5.97. The van der Waals surface area contributed by atoms with Gasteiger partial charge in [-0.15, -0.1) is 0 Å². The zero-order valence-corrected chi connectivity index (χ0v) is 11.8. The molecular formula is C17H15F3O. The summed E-state index contributed by atoms with van der Waals surface area (Å²) in [6.45, 7) is 3.73. The van der Waals surface area contributed by atoms with Crippen LogP contribution in [0.25, 0.3) is 0 Å². The molecule has 2 aromatic carbocycles. The second-order valence-corrected chi connectivity index (χ2v) is 5.11. The van der Waals surface area contributed by atoms with Gasteiger partial charge >= 0.3 is 0 Å². The fourth-order valence-electron chi connectivity index (χ4n) is 2.18. The lowest BCUT2D eigenvalue weighted by atomic mass is 9.97. The van der Waals surface area contributed by atoms with Crippen LogP contribution in [-0.2, 0) is 6.42 Å². The number of ketones is 1. The first kappa shape index (κ1) is 15.3. The molecule has 0 aliphatic rings. The Morgan fingerprint density at radius 2 is 1.62 bits per heavy atom. The van der Waals surface area contributed by atoms with Gasteiger partial charge in [0.1, 0.15) is 0 Å². The zero-order chi connectivity index (χ0) is 15.6. The summed E-state index contributed by atoms with van der Waals surface area (Å²) in [5.74, 6) is -4.05. The third-order valence-corrected chi connectivity index (χ3v) is 3.38. The van der Waals surface area contributed by atoms with Crippen LogP contribution in [0.3, 0.4) is 0 Å². The van der Waals surface area contributed by atoms with Crippen molar-refractivity contribution in [2.45, 2.75) is 26.7 Å². The molecule has 0 saturated heterocycles. The van der Waals surface area contributed by atoms with E-state index in [4.69, 9.17) is 0 Å². The summed E-state index contributed by atoms with van der Waals surface area (Å²) in [5, 5.41) is 0.